The van der Waals surface area contributed by atoms with Crippen molar-refractivity contribution in [3.05, 3.63) is 16.5 Å². The van der Waals surface area contributed by atoms with Crippen LogP contribution in [-0.4, -0.2) is 32.4 Å². The molecule has 1 aromatic rings. The second-order valence-corrected chi connectivity index (χ2v) is 7.49. The molecule has 0 aliphatic rings. The molecule has 20 heavy (non-hydrogen) atoms. The van der Waals surface area contributed by atoms with Crippen LogP contribution in [0.5, 0.6) is 0 Å². The first-order valence-corrected chi connectivity index (χ1v) is 9.04. The van der Waals surface area contributed by atoms with Crippen LogP contribution in [-0.2, 0) is 16.6 Å². The minimum Gasteiger partial charge on any atom is -0.452 e. The van der Waals surface area contributed by atoms with Gasteiger partial charge >= 0.3 is 0 Å². The Balaban J connectivity index is 2.95. The highest BCUT2D eigenvalue weighted by Crippen LogP contribution is 2.29. The first kappa shape index (κ1) is 17.7. The van der Waals surface area contributed by atoms with Gasteiger partial charge in [0.25, 0.3) is 0 Å². The summed E-state index contributed by atoms with van der Waals surface area (Å²) >= 11 is 3.20. The van der Waals surface area contributed by atoms with E-state index in [4.69, 9.17) is 4.42 Å². The van der Waals surface area contributed by atoms with Gasteiger partial charge in [0.05, 0.1) is 6.54 Å². The van der Waals surface area contributed by atoms with Crippen LogP contribution in [0, 0.1) is 0 Å². The molecule has 0 aromatic carbocycles. The molecular weight excluding hydrogens is 344 g/mol. The number of hydrogen-bond donors (Lipinski definition) is 1. The summed E-state index contributed by atoms with van der Waals surface area (Å²) in [5.41, 5.74) is 0. The van der Waals surface area contributed by atoms with Gasteiger partial charge in [0.1, 0.15) is 10.7 Å². The lowest BCUT2D eigenvalue weighted by Gasteiger charge is -2.22. The lowest BCUT2D eigenvalue weighted by molar-refractivity contribution is 0.379. The topological polar surface area (TPSA) is 62.6 Å². The molecule has 1 unspecified atom stereocenters. The predicted octanol–water partition coefficient (Wildman–Crippen LogP) is 2.96. The van der Waals surface area contributed by atoms with E-state index in [0.717, 1.165) is 19.4 Å². The number of furan rings is 1. The highest BCUT2D eigenvalue weighted by molar-refractivity contribution is 9.10. The van der Waals surface area contributed by atoms with E-state index >= 15 is 0 Å². The Morgan fingerprint density at radius 2 is 2.10 bits per heavy atom. The maximum atomic E-state index is 12.5. The molecule has 5 nitrogen and oxygen atoms in total. The molecule has 0 fully saturated rings. The lowest BCUT2D eigenvalue weighted by Crippen LogP contribution is -2.34. The van der Waals surface area contributed by atoms with Gasteiger partial charge in [0.15, 0.2) is 4.67 Å². The average Bonchev–Trinajstić information content (AvgIpc) is 2.79. The molecule has 0 saturated heterocycles. The zero-order valence-electron chi connectivity index (χ0n) is 12.4. The van der Waals surface area contributed by atoms with E-state index < -0.39 is 10.0 Å². The number of nitrogens with zero attached hydrogens (tertiary/aromatic N) is 1. The van der Waals surface area contributed by atoms with Crippen LogP contribution in [0.25, 0.3) is 0 Å². The molecule has 1 aromatic heterocycles. The molecular formula is C13H23BrN2O3S. The third kappa shape index (κ3) is 4.07. The highest BCUT2D eigenvalue weighted by atomic mass is 79.9. The standard InChI is InChI=1S/C13H23BrN2O3S/c1-5-7-15-9-11-8-12(13(14)19-11)20(17,18)16(4)10(3)6-2/h8,10,15H,5-7,9H2,1-4H3. The summed E-state index contributed by atoms with van der Waals surface area (Å²) in [7, 11) is -1.93. The van der Waals surface area contributed by atoms with Crippen molar-refractivity contribution in [2.75, 3.05) is 13.6 Å². The van der Waals surface area contributed by atoms with E-state index in [0.29, 0.717) is 12.3 Å². The minimum atomic E-state index is -3.53. The largest absolute Gasteiger partial charge is 0.452 e. The first-order chi connectivity index (χ1) is 9.34. The normalized spacial score (nSPS) is 13.9. The van der Waals surface area contributed by atoms with Crippen LogP contribution in [0.4, 0.5) is 0 Å². The van der Waals surface area contributed by atoms with Crippen molar-refractivity contribution in [2.24, 2.45) is 0 Å². The Bertz CT molecular complexity index is 528. The molecule has 1 rings (SSSR count). The van der Waals surface area contributed by atoms with Gasteiger partial charge in [-0.2, -0.15) is 4.31 Å². The summed E-state index contributed by atoms with van der Waals surface area (Å²) in [5, 5.41) is 3.18. The minimum absolute atomic E-state index is 0.0523. The van der Waals surface area contributed by atoms with Crippen molar-refractivity contribution in [1.29, 1.82) is 0 Å². The summed E-state index contributed by atoms with van der Waals surface area (Å²) in [6, 6.07) is 1.53. The van der Waals surface area contributed by atoms with Crippen molar-refractivity contribution >= 4 is 26.0 Å². The van der Waals surface area contributed by atoms with Gasteiger partial charge in [0.2, 0.25) is 10.0 Å². The third-order valence-electron chi connectivity index (χ3n) is 3.30. The van der Waals surface area contributed by atoms with Crippen molar-refractivity contribution in [3.63, 3.8) is 0 Å². The van der Waals surface area contributed by atoms with Crippen molar-refractivity contribution < 1.29 is 12.8 Å². The van der Waals surface area contributed by atoms with E-state index in [1.54, 1.807) is 13.1 Å². The van der Waals surface area contributed by atoms with E-state index in [1.165, 1.54) is 4.31 Å². The zero-order valence-corrected chi connectivity index (χ0v) is 14.8. The molecule has 0 radical (unpaired) electrons. The number of rotatable bonds is 8. The third-order valence-corrected chi connectivity index (χ3v) is 6.13. The number of nitrogens with one attached hydrogen (secondary N) is 1. The molecule has 0 saturated carbocycles. The maximum absolute atomic E-state index is 12.5. The van der Waals surface area contributed by atoms with Crippen LogP contribution in [0.15, 0.2) is 20.0 Å². The summed E-state index contributed by atoms with van der Waals surface area (Å²) in [6.07, 6.45) is 1.78. The average molecular weight is 367 g/mol. The van der Waals surface area contributed by atoms with E-state index in [2.05, 4.69) is 28.2 Å². The second kappa shape index (κ2) is 7.59. The molecule has 1 N–H and O–H groups in total. The van der Waals surface area contributed by atoms with Crippen LogP contribution >= 0.6 is 15.9 Å². The fraction of sp³-hybridized carbons (Fsp3) is 0.692. The fourth-order valence-electron chi connectivity index (χ4n) is 1.70. The van der Waals surface area contributed by atoms with Gasteiger partial charge in [-0.3, -0.25) is 0 Å². The van der Waals surface area contributed by atoms with Crippen molar-refractivity contribution in [2.45, 2.75) is 51.1 Å². The second-order valence-electron chi connectivity index (χ2n) is 4.81. The van der Waals surface area contributed by atoms with Gasteiger partial charge < -0.3 is 9.73 Å². The highest BCUT2D eigenvalue weighted by Gasteiger charge is 2.29. The van der Waals surface area contributed by atoms with Gasteiger partial charge in [-0.05, 0) is 42.2 Å². The van der Waals surface area contributed by atoms with Gasteiger partial charge in [-0.1, -0.05) is 13.8 Å². The molecule has 0 spiro atoms. The van der Waals surface area contributed by atoms with Crippen molar-refractivity contribution in [1.82, 2.24) is 9.62 Å². The molecule has 1 heterocycles. The summed E-state index contributed by atoms with van der Waals surface area (Å²) in [4.78, 5) is 0.189. The van der Waals surface area contributed by atoms with E-state index in [1.807, 2.05) is 13.8 Å². The van der Waals surface area contributed by atoms with Crippen LogP contribution in [0.1, 0.15) is 39.4 Å². The van der Waals surface area contributed by atoms with E-state index in [-0.39, 0.29) is 15.6 Å². The van der Waals surface area contributed by atoms with Crippen LogP contribution in [0.3, 0.4) is 0 Å². The Hall–Kier alpha value is -0.370. The summed E-state index contributed by atoms with van der Waals surface area (Å²) in [6.45, 7) is 7.31. The number of sulfonamides is 1. The summed E-state index contributed by atoms with van der Waals surface area (Å²) < 4.78 is 32.1. The SMILES string of the molecule is CCCNCc1cc(S(=O)(=O)N(C)C(C)CC)c(Br)o1. The van der Waals surface area contributed by atoms with E-state index in [9.17, 15) is 8.42 Å². The smallest absolute Gasteiger partial charge is 0.247 e. The zero-order chi connectivity index (χ0) is 15.3. The Morgan fingerprint density at radius 1 is 1.45 bits per heavy atom. The molecule has 1 atom stereocenters. The Morgan fingerprint density at radius 3 is 2.65 bits per heavy atom. The first-order valence-electron chi connectivity index (χ1n) is 6.81. The predicted molar refractivity (Wildman–Crippen MR) is 83.1 cm³/mol. The molecule has 0 aliphatic heterocycles. The maximum Gasteiger partial charge on any atom is 0.247 e. The number of hydrogen-bond acceptors (Lipinski definition) is 4. The molecule has 0 bridgehead atoms. The Labute approximate surface area is 129 Å². The van der Waals surface area contributed by atoms with Gasteiger partial charge in [-0.25, -0.2) is 8.42 Å². The fourth-order valence-corrected chi connectivity index (χ4v) is 4.09. The quantitative estimate of drug-likeness (QED) is 0.718. The van der Waals surface area contributed by atoms with Crippen LogP contribution < -0.4 is 5.32 Å². The molecule has 0 aliphatic carbocycles. The van der Waals surface area contributed by atoms with Crippen LogP contribution in [0.2, 0.25) is 0 Å². The Kier molecular flexibility index (Phi) is 6.71. The monoisotopic (exact) mass is 366 g/mol. The number of halogens is 1. The molecule has 7 heteroatoms. The molecule has 0 amide bonds. The summed E-state index contributed by atoms with van der Waals surface area (Å²) in [5.74, 6) is 0.612. The lowest BCUT2D eigenvalue weighted by atomic mass is 10.3. The molecule has 116 valence electrons. The van der Waals surface area contributed by atoms with Gasteiger partial charge in [-0.15, -0.1) is 0 Å². The van der Waals surface area contributed by atoms with Crippen molar-refractivity contribution in [3.8, 4) is 0 Å². The van der Waals surface area contributed by atoms with Gasteiger partial charge in [0, 0.05) is 19.2 Å².